The van der Waals surface area contributed by atoms with Gasteiger partial charge in [0.25, 0.3) is 5.56 Å². The fourth-order valence-corrected chi connectivity index (χ4v) is 1.68. The van der Waals surface area contributed by atoms with E-state index in [1.54, 1.807) is 17.4 Å². The molecule has 0 fully saturated rings. The Kier molecular flexibility index (Phi) is 2.60. The Morgan fingerprint density at radius 1 is 1.43 bits per heavy atom. The van der Waals surface area contributed by atoms with Crippen LogP contribution in [-0.4, -0.2) is 10.2 Å². The van der Waals surface area contributed by atoms with Gasteiger partial charge in [0.05, 0.1) is 6.54 Å². The molecule has 0 aliphatic heterocycles. The smallest absolute Gasteiger partial charge is 0.264 e. The molecule has 5 heteroatoms. The Balaban J connectivity index is 1.99. The number of nitrogens with zero attached hydrogens (tertiary/aromatic N) is 1. The van der Waals surface area contributed by atoms with Gasteiger partial charge in [-0.1, -0.05) is 6.07 Å². The van der Waals surface area contributed by atoms with Crippen LogP contribution >= 0.6 is 11.3 Å². The quantitative estimate of drug-likeness (QED) is 0.800. The maximum atomic E-state index is 10.7. The number of H-pyrrole nitrogens is 1. The van der Waals surface area contributed by atoms with Gasteiger partial charge >= 0.3 is 0 Å². The number of nitrogens with one attached hydrogen (secondary N) is 2. The molecular weight excluding hydrogens is 198 g/mol. The van der Waals surface area contributed by atoms with Gasteiger partial charge in [0, 0.05) is 10.9 Å². The molecular formula is C9H9N3OS. The van der Waals surface area contributed by atoms with Gasteiger partial charge in [-0.2, -0.15) is 5.10 Å². The number of anilines is 1. The Bertz CT molecular complexity index is 429. The lowest BCUT2D eigenvalue weighted by Crippen LogP contribution is -2.08. The molecule has 2 aromatic heterocycles. The van der Waals surface area contributed by atoms with Crippen molar-refractivity contribution in [1.82, 2.24) is 10.2 Å². The Labute approximate surface area is 84.6 Å². The van der Waals surface area contributed by atoms with E-state index in [4.69, 9.17) is 0 Å². The molecule has 2 rings (SSSR count). The molecule has 14 heavy (non-hydrogen) atoms. The second-order valence-electron chi connectivity index (χ2n) is 2.74. The van der Waals surface area contributed by atoms with Gasteiger partial charge in [-0.25, -0.2) is 5.10 Å². The summed E-state index contributed by atoms with van der Waals surface area (Å²) in [6.45, 7) is 0.733. The van der Waals surface area contributed by atoms with Crippen LogP contribution in [0.1, 0.15) is 4.88 Å². The van der Waals surface area contributed by atoms with E-state index in [0.717, 1.165) is 6.54 Å². The topological polar surface area (TPSA) is 57.8 Å². The van der Waals surface area contributed by atoms with Gasteiger partial charge in [0.2, 0.25) is 0 Å². The van der Waals surface area contributed by atoms with Crippen molar-refractivity contribution >= 4 is 17.2 Å². The molecule has 0 saturated carbocycles. The first-order valence-electron chi connectivity index (χ1n) is 4.16. The average molecular weight is 207 g/mol. The van der Waals surface area contributed by atoms with Gasteiger partial charge in [0.1, 0.15) is 5.82 Å². The van der Waals surface area contributed by atoms with Crippen molar-refractivity contribution < 1.29 is 0 Å². The molecule has 0 bridgehead atoms. The largest absolute Gasteiger partial charge is 0.364 e. The first-order chi connectivity index (χ1) is 6.84. The van der Waals surface area contributed by atoms with Crippen molar-refractivity contribution in [3.63, 3.8) is 0 Å². The number of aromatic nitrogens is 2. The predicted molar refractivity (Wildman–Crippen MR) is 56.5 cm³/mol. The molecule has 2 N–H and O–H groups in total. The lowest BCUT2D eigenvalue weighted by molar-refractivity contribution is 0.972. The summed E-state index contributed by atoms with van der Waals surface area (Å²) in [5.41, 5.74) is -0.188. The van der Waals surface area contributed by atoms with Crippen LogP contribution in [0.3, 0.4) is 0 Å². The van der Waals surface area contributed by atoms with E-state index in [9.17, 15) is 4.79 Å². The third-order valence-electron chi connectivity index (χ3n) is 1.70. The van der Waals surface area contributed by atoms with Crippen LogP contribution in [0, 0.1) is 0 Å². The summed E-state index contributed by atoms with van der Waals surface area (Å²) >= 11 is 1.68. The average Bonchev–Trinajstić information content (AvgIpc) is 2.70. The molecule has 0 atom stereocenters. The molecule has 0 amide bonds. The third-order valence-corrected chi connectivity index (χ3v) is 2.58. The van der Waals surface area contributed by atoms with Crippen LogP contribution in [0.2, 0.25) is 0 Å². The van der Waals surface area contributed by atoms with E-state index >= 15 is 0 Å². The van der Waals surface area contributed by atoms with Crippen molar-refractivity contribution in [2.45, 2.75) is 6.54 Å². The second-order valence-corrected chi connectivity index (χ2v) is 3.77. The highest BCUT2D eigenvalue weighted by Gasteiger charge is 1.95. The zero-order valence-corrected chi connectivity index (χ0v) is 8.17. The second kappa shape index (κ2) is 4.06. The molecule has 0 aromatic carbocycles. The van der Waals surface area contributed by atoms with Crippen LogP contribution < -0.4 is 10.9 Å². The van der Waals surface area contributed by atoms with Crippen LogP contribution in [0.4, 0.5) is 5.82 Å². The lowest BCUT2D eigenvalue weighted by atomic mass is 10.4. The molecule has 0 aliphatic carbocycles. The van der Waals surface area contributed by atoms with Crippen LogP contribution in [0.5, 0.6) is 0 Å². The number of rotatable bonds is 3. The minimum Gasteiger partial charge on any atom is -0.364 e. The van der Waals surface area contributed by atoms with Gasteiger partial charge in [-0.15, -0.1) is 11.3 Å². The molecule has 2 aromatic rings. The summed E-state index contributed by atoms with van der Waals surface area (Å²) in [7, 11) is 0. The summed E-state index contributed by atoms with van der Waals surface area (Å²) in [5, 5.41) is 11.3. The van der Waals surface area contributed by atoms with E-state index < -0.39 is 0 Å². The molecule has 0 saturated heterocycles. The van der Waals surface area contributed by atoms with Crippen LogP contribution in [0.25, 0.3) is 0 Å². The third kappa shape index (κ3) is 2.20. The van der Waals surface area contributed by atoms with Crippen molar-refractivity contribution in [2.24, 2.45) is 0 Å². The van der Waals surface area contributed by atoms with Gasteiger partial charge < -0.3 is 5.32 Å². The lowest BCUT2D eigenvalue weighted by Gasteiger charge is -2.01. The van der Waals surface area contributed by atoms with Crippen molar-refractivity contribution in [3.8, 4) is 0 Å². The van der Waals surface area contributed by atoms with E-state index in [1.165, 1.54) is 10.9 Å². The molecule has 0 radical (unpaired) electrons. The van der Waals surface area contributed by atoms with Crippen LogP contribution in [0.15, 0.2) is 34.4 Å². The standard InChI is InChI=1S/C9H9N3OS/c13-9-4-3-8(11-12-9)10-6-7-2-1-5-14-7/h1-5H,6H2,(H,10,11)(H,12,13). The van der Waals surface area contributed by atoms with Gasteiger partial charge in [-0.05, 0) is 17.5 Å². The summed E-state index contributed by atoms with van der Waals surface area (Å²) in [4.78, 5) is 11.9. The Morgan fingerprint density at radius 2 is 2.36 bits per heavy atom. The normalized spacial score (nSPS) is 10.0. The van der Waals surface area contributed by atoms with Gasteiger partial charge in [0.15, 0.2) is 0 Å². The number of hydrogen-bond acceptors (Lipinski definition) is 4. The Hall–Kier alpha value is -1.62. The molecule has 0 unspecified atom stereocenters. The van der Waals surface area contributed by atoms with Crippen molar-refractivity contribution in [3.05, 3.63) is 44.9 Å². The molecule has 72 valence electrons. The summed E-state index contributed by atoms with van der Waals surface area (Å²) in [6, 6.07) is 7.15. The monoisotopic (exact) mass is 207 g/mol. The van der Waals surface area contributed by atoms with Gasteiger partial charge in [-0.3, -0.25) is 4.79 Å². The first kappa shape index (κ1) is 8.96. The highest BCUT2D eigenvalue weighted by molar-refractivity contribution is 7.09. The fourth-order valence-electron chi connectivity index (χ4n) is 1.03. The molecule has 0 spiro atoms. The van der Waals surface area contributed by atoms with Crippen molar-refractivity contribution in [1.29, 1.82) is 0 Å². The minimum absolute atomic E-state index is 0.188. The minimum atomic E-state index is -0.188. The zero-order valence-electron chi connectivity index (χ0n) is 7.36. The predicted octanol–water partition coefficient (Wildman–Crippen LogP) is 1.44. The summed E-state index contributed by atoms with van der Waals surface area (Å²) in [5.74, 6) is 0.679. The zero-order chi connectivity index (χ0) is 9.80. The highest BCUT2D eigenvalue weighted by atomic mass is 32.1. The van der Waals surface area contributed by atoms with E-state index in [-0.39, 0.29) is 5.56 Å². The highest BCUT2D eigenvalue weighted by Crippen LogP contribution is 2.09. The maximum Gasteiger partial charge on any atom is 0.264 e. The first-order valence-corrected chi connectivity index (χ1v) is 5.04. The molecule has 0 aliphatic rings. The SMILES string of the molecule is O=c1ccc(NCc2cccs2)n[nH]1. The van der Waals surface area contributed by atoms with Crippen LogP contribution in [-0.2, 0) is 6.54 Å². The van der Waals surface area contributed by atoms with E-state index in [2.05, 4.69) is 15.5 Å². The summed E-state index contributed by atoms with van der Waals surface area (Å²) in [6.07, 6.45) is 0. The Morgan fingerprint density at radius 3 is 3.00 bits per heavy atom. The molecule has 4 nitrogen and oxygen atoms in total. The van der Waals surface area contributed by atoms with E-state index in [0.29, 0.717) is 5.82 Å². The molecule has 2 heterocycles. The maximum absolute atomic E-state index is 10.7. The number of aromatic amines is 1. The fraction of sp³-hybridized carbons (Fsp3) is 0.111. The number of thiophene rings is 1. The van der Waals surface area contributed by atoms with Crippen molar-refractivity contribution in [2.75, 3.05) is 5.32 Å². The summed E-state index contributed by atoms with van der Waals surface area (Å²) < 4.78 is 0. The number of hydrogen-bond donors (Lipinski definition) is 2. The van der Waals surface area contributed by atoms with E-state index in [1.807, 2.05) is 17.5 Å².